The van der Waals surface area contributed by atoms with Crippen LogP contribution in [0.2, 0.25) is 5.02 Å². The maximum absolute atomic E-state index is 5.79. The lowest BCUT2D eigenvalue weighted by molar-refractivity contribution is 0.419. The summed E-state index contributed by atoms with van der Waals surface area (Å²) >= 11 is 5.79. The monoisotopic (exact) mass is 223 g/mol. The molecule has 0 amide bonds. The van der Waals surface area contributed by atoms with Gasteiger partial charge in [-0.25, -0.2) is 0 Å². The molecule has 0 unspecified atom stereocenters. The third-order valence-corrected chi connectivity index (χ3v) is 2.32. The largest absolute Gasteiger partial charge is 0.491 e. The smallest absolute Gasteiger partial charge is 0.188 e. The first kappa shape index (κ1) is 9.86. The van der Waals surface area contributed by atoms with Gasteiger partial charge < -0.3 is 10.5 Å². The molecule has 2 rings (SSSR count). The molecule has 0 radical (unpaired) electrons. The van der Waals surface area contributed by atoms with Crippen LogP contribution in [-0.4, -0.2) is 17.3 Å². The molecule has 0 saturated heterocycles. The molecule has 5 heteroatoms. The number of hydrogen-bond donors (Lipinski definition) is 2. The van der Waals surface area contributed by atoms with Gasteiger partial charge in [0.15, 0.2) is 11.6 Å². The zero-order valence-electron chi connectivity index (χ0n) is 8.12. The first-order valence-electron chi connectivity index (χ1n) is 4.36. The Morgan fingerprint density at radius 2 is 2.00 bits per heavy atom. The van der Waals surface area contributed by atoms with Crippen LogP contribution in [-0.2, 0) is 0 Å². The van der Waals surface area contributed by atoms with Crippen molar-refractivity contribution < 1.29 is 4.74 Å². The van der Waals surface area contributed by atoms with E-state index in [1.54, 1.807) is 19.2 Å². The van der Waals surface area contributed by atoms with Crippen molar-refractivity contribution in [2.45, 2.75) is 0 Å². The molecule has 1 aromatic carbocycles. The molecule has 0 aliphatic rings. The first-order valence-corrected chi connectivity index (χ1v) is 4.74. The van der Waals surface area contributed by atoms with Crippen LogP contribution in [0.3, 0.4) is 0 Å². The molecule has 0 atom stereocenters. The molecule has 2 aromatic rings. The summed E-state index contributed by atoms with van der Waals surface area (Å²) in [5.74, 6) is 0.972. The first-order chi connectivity index (χ1) is 7.22. The molecule has 0 saturated carbocycles. The van der Waals surface area contributed by atoms with Crippen LogP contribution in [0.1, 0.15) is 0 Å². The highest BCUT2D eigenvalue weighted by Crippen LogP contribution is 2.32. The van der Waals surface area contributed by atoms with E-state index in [2.05, 4.69) is 10.2 Å². The van der Waals surface area contributed by atoms with Crippen molar-refractivity contribution in [3.63, 3.8) is 0 Å². The SMILES string of the molecule is COc1c(-c2ccc(Cl)cc2)n[nH]c1N. The molecule has 0 bridgehead atoms. The Morgan fingerprint density at radius 3 is 2.60 bits per heavy atom. The average Bonchev–Trinajstić information content (AvgIpc) is 2.61. The molecule has 4 nitrogen and oxygen atoms in total. The standard InChI is InChI=1S/C10H10ClN3O/c1-15-9-8(13-14-10(9)12)6-2-4-7(11)5-3-6/h2-5H,1H3,(H3,12,13,14). The predicted molar refractivity (Wildman–Crippen MR) is 60.0 cm³/mol. The second kappa shape index (κ2) is 3.82. The zero-order valence-corrected chi connectivity index (χ0v) is 8.88. The molecular formula is C10H10ClN3O. The summed E-state index contributed by atoms with van der Waals surface area (Å²) in [5.41, 5.74) is 7.24. The van der Waals surface area contributed by atoms with Crippen molar-refractivity contribution in [1.82, 2.24) is 10.2 Å². The van der Waals surface area contributed by atoms with Gasteiger partial charge >= 0.3 is 0 Å². The number of aromatic nitrogens is 2. The van der Waals surface area contributed by atoms with E-state index in [0.29, 0.717) is 22.3 Å². The highest BCUT2D eigenvalue weighted by atomic mass is 35.5. The third-order valence-electron chi connectivity index (χ3n) is 2.07. The fraction of sp³-hybridized carbons (Fsp3) is 0.100. The number of benzene rings is 1. The van der Waals surface area contributed by atoms with E-state index in [-0.39, 0.29) is 0 Å². The summed E-state index contributed by atoms with van der Waals surface area (Å²) in [6, 6.07) is 7.31. The summed E-state index contributed by atoms with van der Waals surface area (Å²) in [7, 11) is 1.56. The lowest BCUT2D eigenvalue weighted by atomic mass is 10.1. The maximum atomic E-state index is 5.79. The molecule has 3 N–H and O–H groups in total. The predicted octanol–water partition coefficient (Wildman–Crippen LogP) is 2.32. The molecule has 0 aliphatic carbocycles. The summed E-state index contributed by atoms with van der Waals surface area (Å²) in [6.45, 7) is 0. The number of aromatic amines is 1. The number of hydrogen-bond acceptors (Lipinski definition) is 3. The van der Waals surface area contributed by atoms with E-state index in [1.165, 1.54) is 0 Å². The van der Waals surface area contributed by atoms with Crippen molar-refractivity contribution in [1.29, 1.82) is 0 Å². The normalized spacial score (nSPS) is 10.3. The van der Waals surface area contributed by atoms with Crippen LogP contribution in [0.4, 0.5) is 5.82 Å². The van der Waals surface area contributed by atoms with E-state index < -0.39 is 0 Å². The van der Waals surface area contributed by atoms with Gasteiger partial charge in [0.25, 0.3) is 0 Å². The molecule has 0 aliphatic heterocycles. The quantitative estimate of drug-likeness (QED) is 0.821. The Bertz CT molecular complexity index is 464. The third kappa shape index (κ3) is 1.76. The average molecular weight is 224 g/mol. The van der Waals surface area contributed by atoms with Gasteiger partial charge in [0.2, 0.25) is 0 Å². The van der Waals surface area contributed by atoms with Gasteiger partial charge in [0.1, 0.15) is 5.69 Å². The Balaban J connectivity index is 2.49. The van der Waals surface area contributed by atoms with Crippen molar-refractivity contribution in [3.8, 4) is 17.0 Å². The maximum Gasteiger partial charge on any atom is 0.188 e. The van der Waals surface area contributed by atoms with Gasteiger partial charge in [-0.2, -0.15) is 5.10 Å². The van der Waals surface area contributed by atoms with E-state index in [9.17, 15) is 0 Å². The highest BCUT2D eigenvalue weighted by molar-refractivity contribution is 6.30. The van der Waals surface area contributed by atoms with Crippen LogP contribution < -0.4 is 10.5 Å². The topological polar surface area (TPSA) is 63.9 Å². The van der Waals surface area contributed by atoms with Crippen molar-refractivity contribution in [2.75, 3.05) is 12.8 Å². The van der Waals surface area contributed by atoms with E-state index in [1.807, 2.05) is 12.1 Å². The minimum atomic E-state index is 0.419. The molecule has 1 heterocycles. The summed E-state index contributed by atoms with van der Waals surface area (Å²) < 4.78 is 5.15. The van der Waals surface area contributed by atoms with Crippen LogP contribution >= 0.6 is 11.6 Å². The van der Waals surface area contributed by atoms with Crippen LogP contribution in [0.5, 0.6) is 5.75 Å². The number of halogens is 1. The number of H-pyrrole nitrogens is 1. The van der Waals surface area contributed by atoms with Gasteiger partial charge in [-0.15, -0.1) is 0 Å². The minimum absolute atomic E-state index is 0.419. The van der Waals surface area contributed by atoms with Crippen molar-refractivity contribution >= 4 is 17.4 Å². The second-order valence-corrected chi connectivity index (χ2v) is 3.46. The number of methoxy groups -OCH3 is 1. The minimum Gasteiger partial charge on any atom is -0.491 e. The van der Waals surface area contributed by atoms with Gasteiger partial charge in [-0.05, 0) is 12.1 Å². The molecule has 15 heavy (non-hydrogen) atoms. The highest BCUT2D eigenvalue weighted by Gasteiger charge is 2.12. The Labute approximate surface area is 92.0 Å². The number of anilines is 1. The molecule has 0 spiro atoms. The van der Waals surface area contributed by atoms with Crippen molar-refractivity contribution in [3.05, 3.63) is 29.3 Å². The van der Waals surface area contributed by atoms with Crippen LogP contribution in [0.25, 0.3) is 11.3 Å². The number of nitrogens with one attached hydrogen (secondary N) is 1. The van der Waals surface area contributed by atoms with Crippen LogP contribution in [0.15, 0.2) is 24.3 Å². The van der Waals surface area contributed by atoms with E-state index in [0.717, 1.165) is 5.56 Å². The molecule has 1 aromatic heterocycles. The van der Waals surface area contributed by atoms with Crippen molar-refractivity contribution in [2.24, 2.45) is 0 Å². The fourth-order valence-corrected chi connectivity index (χ4v) is 1.48. The summed E-state index contributed by atoms with van der Waals surface area (Å²) in [5, 5.41) is 7.42. The number of nitrogens with zero attached hydrogens (tertiary/aromatic N) is 1. The number of nitrogens with two attached hydrogens (primary N) is 1. The number of ether oxygens (including phenoxy) is 1. The van der Waals surface area contributed by atoms with E-state index in [4.69, 9.17) is 22.1 Å². The van der Waals surface area contributed by atoms with E-state index >= 15 is 0 Å². The molecule has 0 fully saturated rings. The van der Waals surface area contributed by atoms with Gasteiger partial charge in [-0.1, -0.05) is 23.7 Å². The molecule has 78 valence electrons. The number of rotatable bonds is 2. The van der Waals surface area contributed by atoms with Gasteiger partial charge in [-0.3, -0.25) is 5.10 Å². The van der Waals surface area contributed by atoms with Crippen LogP contribution in [0, 0.1) is 0 Å². The second-order valence-electron chi connectivity index (χ2n) is 3.03. The molecular weight excluding hydrogens is 214 g/mol. The van der Waals surface area contributed by atoms with Gasteiger partial charge in [0.05, 0.1) is 7.11 Å². The van der Waals surface area contributed by atoms with Gasteiger partial charge in [0, 0.05) is 10.6 Å². The summed E-state index contributed by atoms with van der Waals surface area (Å²) in [4.78, 5) is 0. The fourth-order valence-electron chi connectivity index (χ4n) is 1.36. The lowest BCUT2D eigenvalue weighted by Gasteiger charge is -2.01. The summed E-state index contributed by atoms with van der Waals surface area (Å²) in [6.07, 6.45) is 0. The zero-order chi connectivity index (χ0) is 10.8. The lowest BCUT2D eigenvalue weighted by Crippen LogP contribution is -1.90. The Morgan fingerprint density at radius 1 is 1.33 bits per heavy atom. The Hall–Kier alpha value is -1.68. The number of nitrogen functional groups attached to an aromatic ring is 1. The Kier molecular flexibility index (Phi) is 2.51.